The van der Waals surface area contributed by atoms with Gasteiger partial charge in [-0.25, -0.2) is 13.2 Å². The minimum Gasteiger partial charge on any atom is -0.481 e. The summed E-state index contributed by atoms with van der Waals surface area (Å²) >= 11 is 0. The molecule has 2 aromatic carbocycles. The van der Waals surface area contributed by atoms with Gasteiger partial charge in [0.15, 0.2) is 23.2 Å². The lowest BCUT2D eigenvalue weighted by atomic mass is 10.0. The van der Waals surface area contributed by atoms with Crippen molar-refractivity contribution in [2.24, 2.45) is 5.92 Å². The topological polar surface area (TPSA) is 151 Å². The van der Waals surface area contributed by atoms with E-state index >= 15 is 0 Å². The second-order valence-corrected chi connectivity index (χ2v) is 8.37. The first-order valence-corrected chi connectivity index (χ1v) is 11.1. The molecule has 2 aromatic rings. The third kappa shape index (κ3) is 8.48. The fourth-order valence-corrected chi connectivity index (χ4v) is 3.07. The van der Waals surface area contributed by atoms with Gasteiger partial charge in [0, 0.05) is 11.8 Å². The van der Waals surface area contributed by atoms with Crippen molar-refractivity contribution >= 4 is 35.2 Å². The van der Waals surface area contributed by atoms with E-state index in [1.807, 2.05) is 5.32 Å². The average Bonchev–Trinajstić information content (AvgIpc) is 2.86. The van der Waals surface area contributed by atoms with Crippen LogP contribution in [0.1, 0.15) is 20.3 Å². The minimum atomic E-state index is -1.94. The predicted molar refractivity (Wildman–Crippen MR) is 123 cm³/mol. The molecular weight excluding hydrogens is 537 g/mol. The van der Waals surface area contributed by atoms with Gasteiger partial charge >= 0.3 is 17.8 Å². The maximum absolute atomic E-state index is 13.8. The molecular formula is C24H22F5N3O7. The van der Waals surface area contributed by atoms with Gasteiger partial charge < -0.3 is 25.8 Å². The van der Waals surface area contributed by atoms with Gasteiger partial charge in [-0.1, -0.05) is 13.8 Å². The summed E-state index contributed by atoms with van der Waals surface area (Å²) in [6.07, 6.45) is -1.04. The summed E-state index contributed by atoms with van der Waals surface area (Å²) < 4.78 is 71.8. The Labute approximate surface area is 217 Å². The third-order valence-electron chi connectivity index (χ3n) is 5.06. The lowest BCUT2D eigenvalue weighted by Crippen LogP contribution is -2.56. The van der Waals surface area contributed by atoms with Crippen molar-refractivity contribution in [3.05, 3.63) is 59.4 Å². The molecule has 2 atom stereocenters. The van der Waals surface area contributed by atoms with Crippen LogP contribution in [0.5, 0.6) is 5.75 Å². The summed E-state index contributed by atoms with van der Waals surface area (Å²) in [5.41, 5.74) is 0.0697. The van der Waals surface area contributed by atoms with E-state index in [4.69, 9.17) is 5.11 Å². The molecule has 0 aliphatic carbocycles. The number of hydrogen-bond donors (Lipinski definition) is 4. The smallest absolute Gasteiger partial charge is 0.313 e. The first-order valence-electron chi connectivity index (χ1n) is 11.1. The maximum Gasteiger partial charge on any atom is 0.313 e. The number of halogens is 5. The molecule has 0 bridgehead atoms. The highest BCUT2D eigenvalue weighted by atomic mass is 19.2. The monoisotopic (exact) mass is 559 g/mol. The molecule has 2 rings (SSSR count). The van der Waals surface area contributed by atoms with Crippen molar-refractivity contribution in [1.29, 1.82) is 0 Å². The summed E-state index contributed by atoms with van der Waals surface area (Å²) in [6, 6.07) is 0.955. The number of rotatable bonds is 11. The van der Waals surface area contributed by atoms with Crippen LogP contribution in [-0.2, 0) is 24.0 Å². The number of carbonyl (C=O) groups excluding carboxylic acids is 4. The fraction of sp³-hybridized carbons (Fsp3) is 0.292. The van der Waals surface area contributed by atoms with Gasteiger partial charge in [0.05, 0.1) is 6.42 Å². The van der Waals surface area contributed by atoms with Gasteiger partial charge in [-0.05, 0) is 30.2 Å². The van der Waals surface area contributed by atoms with E-state index in [1.165, 1.54) is 26.0 Å². The molecule has 39 heavy (non-hydrogen) atoms. The SMILES string of the molecule is CC(C)[C@H](NC(=O)C(=O)Nc1ccc(F)cc1)C(=O)NC(CC(=O)O)C(=O)COc1c(F)c(F)cc(F)c1F. The molecule has 0 saturated carbocycles. The van der Waals surface area contributed by atoms with E-state index in [0.717, 1.165) is 12.1 Å². The van der Waals surface area contributed by atoms with Crippen LogP contribution >= 0.6 is 0 Å². The molecule has 0 radical (unpaired) electrons. The van der Waals surface area contributed by atoms with E-state index in [-0.39, 0.29) is 11.8 Å². The summed E-state index contributed by atoms with van der Waals surface area (Å²) in [7, 11) is 0. The quantitative estimate of drug-likeness (QED) is 0.187. The second kappa shape index (κ2) is 13.3. The van der Waals surface area contributed by atoms with Crippen LogP contribution in [0.25, 0.3) is 0 Å². The van der Waals surface area contributed by atoms with E-state index in [2.05, 4.69) is 15.4 Å². The van der Waals surface area contributed by atoms with Crippen molar-refractivity contribution in [3.8, 4) is 5.75 Å². The van der Waals surface area contributed by atoms with Gasteiger partial charge in [-0.3, -0.25) is 24.0 Å². The molecule has 15 heteroatoms. The summed E-state index contributed by atoms with van der Waals surface area (Å²) in [5.74, 6) is -16.9. The number of ketones is 1. The molecule has 4 N–H and O–H groups in total. The first-order chi connectivity index (χ1) is 18.2. The Bertz CT molecular complexity index is 1250. The molecule has 0 heterocycles. The van der Waals surface area contributed by atoms with Crippen molar-refractivity contribution < 1.29 is 55.8 Å². The average molecular weight is 559 g/mol. The Balaban J connectivity index is 2.11. The zero-order chi connectivity index (χ0) is 29.4. The van der Waals surface area contributed by atoms with Crippen LogP contribution in [0, 0.1) is 35.0 Å². The van der Waals surface area contributed by atoms with Gasteiger partial charge in [-0.2, -0.15) is 8.78 Å². The number of aliphatic carboxylic acids is 1. The number of anilines is 1. The number of carbonyl (C=O) groups is 5. The van der Waals surface area contributed by atoms with Crippen LogP contribution in [-0.4, -0.2) is 53.3 Å². The van der Waals surface area contributed by atoms with Crippen molar-refractivity contribution in [2.75, 3.05) is 11.9 Å². The highest BCUT2D eigenvalue weighted by Crippen LogP contribution is 2.26. The number of carboxylic acids is 1. The van der Waals surface area contributed by atoms with Crippen LogP contribution in [0.3, 0.4) is 0 Å². The molecule has 0 saturated heterocycles. The Morgan fingerprint density at radius 3 is 1.95 bits per heavy atom. The number of ether oxygens (including phenoxy) is 1. The molecule has 1 unspecified atom stereocenters. The van der Waals surface area contributed by atoms with E-state index in [1.54, 1.807) is 0 Å². The van der Waals surface area contributed by atoms with Crippen molar-refractivity contribution in [2.45, 2.75) is 32.4 Å². The summed E-state index contributed by atoms with van der Waals surface area (Å²) in [5, 5.41) is 15.4. The zero-order valence-electron chi connectivity index (χ0n) is 20.3. The van der Waals surface area contributed by atoms with E-state index < -0.39 is 95.3 Å². The Morgan fingerprint density at radius 2 is 1.44 bits per heavy atom. The molecule has 3 amide bonds. The predicted octanol–water partition coefficient (Wildman–Crippen LogP) is 2.07. The van der Waals surface area contributed by atoms with Crippen molar-refractivity contribution in [3.63, 3.8) is 0 Å². The number of carboxylic acid groups (broad SMARTS) is 1. The Hall–Kier alpha value is -4.56. The molecule has 0 aliphatic rings. The number of Topliss-reactive ketones (excluding diaryl/α,β-unsaturated/α-hetero) is 1. The normalized spacial score (nSPS) is 12.3. The summed E-state index contributed by atoms with van der Waals surface area (Å²) in [6.45, 7) is 1.60. The molecule has 0 aliphatic heterocycles. The van der Waals surface area contributed by atoms with Crippen LogP contribution < -0.4 is 20.7 Å². The van der Waals surface area contributed by atoms with Crippen LogP contribution in [0.2, 0.25) is 0 Å². The molecule has 10 nitrogen and oxygen atoms in total. The van der Waals surface area contributed by atoms with E-state index in [9.17, 15) is 45.9 Å². The number of hydrogen-bond acceptors (Lipinski definition) is 6. The zero-order valence-corrected chi connectivity index (χ0v) is 20.3. The highest BCUT2D eigenvalue weighted by molar-refractivity contribution is 6.40. The minimum absolute atomic E-state index is 0.0697. The third-order valence-corrected chi connectivity index (χ3v) is 5.06. The van der Waals surface area contributed by atoms with Gasteiger partial charge in [0.25, 0.3) is 0 Å². The number of amides is 3. The molecule has 0 fully saturated rings. The van der Waals surface area contributed by atoms with E-state index in [0.29, 0.717) is 0 Å². The fourth-order valence-electron chi connectivity index (χ4n) is 3.07. The van der Waals surface area contributed by atoms with Crippen LogP contribution in [0.4, 0.5) is 27.6 Å². The Kier molecular flexibility index (Phi) is 10.5. The van der Waals surface area contributed by atoms with Crippen LogP contribution in [0.15, 0.2) is 30.3 Å². The van der Waals surface area contributed by atoms with Gasteiger partial charge in [-0.15, -0.1) is 0 Å². The van der Waals surface area contributed by atoms with Crippen molar-refractivity contribution in [1.82, 2.24) is 10.6 Å². The number of nitrogens with one attached hydrogen (secondary N) is 3. The first kappa shape index (κ1) is 30.7. The molecule has 0 spiro atoms. The standard InChI is InChI=1S/C24H22F5N3O7/c1-10(2)20(32-24(38)23(37)30-12-5-3-11(25)4-6-12)22(36)31-15(8-17(34)35)16(33)9-39-21-18(28)13(26)7-14(27)19(21)29/h3-7,10,15,20H,8-9H2,1-2H3,(H,30,37)(H,31,36)(H,32,38)(H,34,35)/t15?,20-/m0/s1. The molecule has 210 valence electrons. The Morgan fingerprint density at radius 1 is 0.872 bits per heavy atom. The summed E-state index contributed by atoms with van der Waals surface area (Å²) in [4.78, 5) is 61.0. The largest absolute Gasteiger partial charge is 0.481 e. The highest BCUT2D eigenvalue weighted by Gasteiger charge is 2.32. The second-order valence-electron chi connectivity index (χ2n) is 8.37. The number of benzene rings is 2. The lowest BCUT2D eigenvalue weighted by molar-refractivity contribution is -0.141. The van der Waals surface area contributed by atoms with Gasteiger partial charge in [0.2, 0.25) is 17.5 Å². The maximum atomic E-state index is 13.8. The molecule has 0 aromatic heterocycles. The van der Waals surface area contributed by atoms with Gasteiger partial charge in [0.1, 0.15) is 24.5 Å². The lowest BCUT2D eigenvalue weighted by Gasteiger charge is -2.24.